The van der Waals surface area contributed by atoms with E-state index in [0.29, 0.717) is 0 Å². The highest BCUT2D eigenvalue weighted by atomic mass is 15.0. The molecule has 0 saturated carbocycles. The van der Waals surface area contributed by atoms with Gasteiger partial charge in [0.1, 0.15) is 7.05 Å². The van der Waals surface area contributed by atoms with Gasteiger partial charge in [-0.05, 0) is 46.4 Å². The number of rotatable bonds is 0. The summed E-state index contributed by atoms with van der Waals surface area (Å²) in [6.45, 7) is 9.12. The Labute approximate surface area is 193 Å². The van der Waals surface area contributed by atoms with Crippen LogP contribution in [0, 0.1) is 6.92 Å². The predicted molar refractivity (Wildman–Crippen MR) is 141 cm³/mol. The normalized spacial score (nSPS) is 13.0. The van der Waals surface area contributed by atoms with Crippen LogP contribution in [0.1, 0.15) is 31.9 Å². The monoisotopic (exact) mass is 427 g/mol. The van der Waals surface area contributed by atoms with E-state index in [9.17, 15) is 0 Å². The lowest BCUT2D eigenvalue weighted by atomic mass is 9.85. The zero-order chi connectivity index (χ0) is 22.6. The zero-order valence-corrected chi connectivity index (χ0v) is 19.8. The summed E-state index contributed by atoms with van der Waals surface area (Å²) in [5, 5.41) is 9.29. The van der Waals surface area contributed by atoms with Crippen molar-refractivity contribution in [2.45, 2.75) is 33.1 Å². The van der Waals surface area contributed by atoms with Crippen molar-refractivity contribution in [1.82, 2.24) is 4.40 Å². The van der Waals surface area contributed by atoms with E-state index < -0.39 is 0 Å². The molecule has 0 N–H and O–H groups in total. The first-order chi connectivity index (χ1) is 15.8. The van der Waals surface area contributed by atoms with Crippen LogP contribution in [0.15, 0.2) is 72.9 Å². The topological polar surface area (TPSA) is 8.29 Å². The number of nitrogens with zero attached hydrogens (tertiary/aromatic N) is 2. The Balaban J connectivity index is 1.90. The van der Waals surface area contributed by atoms with Crippen LogP contribution in [0.4, 0.5) is 0 Å². The molecule has 0 amide bonds. The minimum absolute atomic E-state index is 0.117. The Morgan fingerprint density at radius 1 is 0.727 bits per heavy atom. The first kappa shape index (κ1) is 18.9. The third kappa shape index (κ3) is 2.31. The molecular weight excluding hydrogens is 400 g/mol. The smallest absolute Gasteiger partial charge is 0.224 e. The summed E-state index contributed by atoms with van der Waals surface area (Å²) in [4.78, 5) is 0. The molecular formula is C31H27N2+. The second-order valence-corrected chi connectivity index (χ2v) is 10.7. The highest BCUT2D eigenvalue weighted by Crippen LogP contribution is 2.43. The molecule has 0 atom stereocenters. The zero-order valence-electron chi connectivity index (χ0n) is 19.8. The largest absolute Gasteiger partial charge is 0.307 e. The number of benzene rings is 4. The van der Waals surface area contributed by atoms with E-state index in [-0.39, 0.29) is 5.41 Å². The molecule has 0 spiro atoms. The average molecular weight is 428 g/mol. The number of aromatic nitrogens is 2. The second-order valence-electron chi connectivity index (χ2n) is 10.7. The highest BCUT2D eigenvalue weighted by Gasteiger charge is 2.25. The molecule has 33 heavy (non-hydrogen) atoms. The van der Waals surface area contributed by atoms with Gasteiger partial charge in [0, 0.05) is 22.2 Å². The highest BCUT2D eigenvalue weighted by molar-refractivity contribution is 6.29. The lowest BCUT2D eigenvalue weighted by Gasteiger charge is -2.20. The van der Waals surface area contributed by atoms with Gasteiger partial charge in [0.25, 0.3) is 0 Å². The van der Waals surface area contributed by atoms with Crippen LogP contribution in [-0.4, -0.2) is 4.40 Å². The van der Waals surface area contributed by atoms with Gasteiger partial charge in [-0.2, -0.15) is 0 Å². The molecule has 7 rings (SSSR count). The first-order valence-electron chi connectivity index (χ1n) is 11.8. The van der Waals surface area contributed by atoms with Crippen molar-refractivity contribution in [2.75, 3.05) is 0 Å². The van der Waals surface area contributed by atoms with Crippen LogP contribution >= 0.6 is 0 Å². The summed E-state index contributed by atoms with van der Waals surface area (Å²) in [5.41, 5.74) is 8.07. The number of para-hydroxylation sites is 1. The summed E-state index contributed by atoms with van der Waals surface area (Å²) in [6, 6.07) is 25.2. The van der Waals surface area contributed by atoms with Gasteiger partial charge >= 0.3 is 0 Å². The fraction of sp³-hybridized carbons (Fsp3) is 0.194. The summed E-state index contributed by atoms with van der Waals surface area (Å²) in [6.07, 6.45) is 2.22. The minimum Gasteiger partial charge on any atom is -0.307 e. The van der Waals surface area contributed by atoms with E-state index in [1.54, 1.807) is 0 Å². The Hall–Kier alpha value is -3.65. The molecule has 0 radical (unpaired) electrons. The Morgan fingerprint density at radius 3 is 2.30 bits per heavy atom. The number of hydrogen-bond acceptors (Lipinski definition) is 0. The van der Waals surface area contributed by atoms with E-state index in [1.807, 2.05) is 0 Å². The molecule has 7 aromatic rings. The van der Waals surface area contributed by atoms with Crippen LogP contribution in [0.5, 0.6) is 0 Å². The van der Waals surface area contributed by atoms with Crippen LogP contribution in [-0.2, 0) is 12.5 Å². The van der Waals surface area contributed by atoms with Gasteiger partial charge in [-0.1, -0.05) is 69.3 Å². The Bertz CT molecular complexity index is 1910. The molecule has 0 bridgehead atoms. The molecule has 160 valence electrons. The third-order valence-corrected chi connectivity index (χ3v) is 7.58. The van der Waals surface area contributed by atoms with Gasteiger partial charge in [-0.25, -0.2) is 4.57 Å². The number of pyridine rings is 2. The van der Waals surface area contributed by atoms with Gasteiger partial charge in [0.15, 0.2) is 6.20 Å². The number of fused-ring (bicyclic) bond motifs is 7. The van der Waals surface area contributed by atoms with Crippen LogP contribution in [0.3, 0.4) is 0 Å². The average Bonchev–Trinajstić information content (AvgIpc) is 3.13. The van der Waals surface area contributed by atoms with Gasteiger partial charge in [0.05, 0.1) is 27.3 Å². The van der Waals surface area contributed by atoms with Crippen molar-refractivity contribution < 1.29 is 4.57 Å². The van der Waals surface area contributed by atoms with Crippen LogP contribution in [0.25, 0.3) is 59.8 Å². The molecule has 3 aromatic heterocycles. The maximum atomic E-state index is 2.54. The summed E-state index contributed by atoms with van der Waals surface area (Å²) in [5.74, 6) is 0. The molecule has 0 unspecified atom stereocenters. The SMILES string of the molecule is Cc1ccc2c3ccccc3n3c2c1c1c2c(cc[n+]1C)cc1cc(C(C)(C)C)ccc1c23. The molecule has 3 heterocycles. The lowest BCUT2D eigenvalue weighted by Crippen LogP contribution is -2.29. The Morgan fingerprint density at radius 2 is 1.48 bits per heavy atom. The lowest BCUT2D eigenvalue weighted by molar-refractivity contribution is -0.643. The standard InChI is InChI=1S/C31H27N2/c1-18-10-12-24-23-8-6-7-9-25(23)33-28-22-13-11-21(31(2,3)4)17-20(22)16-19-14-15-32(5)30(27(19)28)26(18)29(24)33/h6-17H,1-5H3/q+1. The van der Waals surface area contributed by atoms with Crippen LogP contribution < -0.4 is 4.57 Å². The summed E-state index contributed by atoms with van der Waals surface area (Å²) in [7, 11) is 2.18. The molecule has 0 aliphatic carbocycles. The van der Waals surface area contributed by atoms with E-state index in [1.165, 1.54) is 70.9 Å². The number of hydrogen-bond donors (Lipinski definition) is 0. The van der Waals surface area contributed by atoms with Crippen molar-refractivity contribution in [3.8, 4) is 0 Å². The Kier molecular flexibility index (Phi) is 3.44. The van der Waals surface area contributed by atoms with Gasteiger partial charge in [-0.15, -0.1) is 0 Å². The van der Waals surface area contributed by atoms with Crippen molar-refractivity contribution >= 4 is 59.8 Å². The van der Waals surface area contributed by atoms with Gasteiger partial charge in [-0.3, -0.25) is 0 Å². The van der Waals surface area contributed by atoms with E-state index in [2.05, 4.69) is 117 Å². The fourth-order valence-corrected chi connectivity index (χ4v) is 5.92. The van der Waals surface area contributed by atoms with Gasteiger partial charge in [0.2, 0.25) is 5.52 Å². The maximum Gasteiger partial charge on any atom is 0.224 e. The quantitative estimate of drug-likeness (QED) is 0.134. The van der Waals surface area contributed by atoms with Crippen molar-refractivity contribution in [2.24, 2.45) is 7.05 Å². The molecule has 4 aromatic carbocycles. The fourth-order valence-electron chi connectivity index (χ4n) is 5.92. The van der Waals surface area contributed by atoms with Crippen molar-refractivity contribution in [1.29, 1.82) is 0 Å². The predicted octanol–water partition coefficient (Wildman–Crippen LogP) is 7.57. The van der Waals surface area contributed by atoms with E-state index >= 15 is 0 Å². The summed E-state index contributed by atoms with van der Waals surface area (Å²) >= 11 is 0. The van der Waals surface area contributed by atoms with Crippen LogP contribution in [0.2, 0.25) is 0 Å². The molecule has 0 saturated heterocycles. The van der Waals surface area contributed by atoms with Crippen molar-refractivity contribution in [3.05, 3.63) is 84.1 Å². The minimum atomic E-state index is 0.117. The molecule has 0 aliphatic rings. The van der Waals surface area contributed by atoms with Crippen molar-refractivity contribution in [3.63, 3.8) is 0 Å². The molecule has 2 heteroatoms. The summed E-state index contributed by atoms with van der Waals surface area (Å²) < 4.78 is 4.85. The molecule has 0 fully saturated rings. The second kappa shape index (κ2) is 6.02. The maximum absolute atomic E-state index is 2.54. The third-order valence-electron chi connectivity index (χ3n) is 7.58. The number of aryl methyl sites for hydroxylation is 2. The molecule has 0 aliphatic heterocycles. The van der Waals surface area contributed by atoms with E-state index in [0.717, 1.165) is 0 Å². The first-order valence-corrected chi connectivity index (χ1v) is 11.8. The van der Waals surface area contributed by atoms with Gasteiger partial charge < -0.3 is 4.40 Å². The van der Waals surface area contributed by atoms with E-state index in [4.69, 9.17) is 0 Å². The molecule has 2 nitrogen and oxygen atoms in total.